The van der Waals surface area contributed by atoms with Gasteiger partial charge in [-0.25, -0.2) is 4.98 Å². The molecule has 2 rings (SSSR count). The van der Waals surface area contributed by atoms with Crippen molar-refractivity contribution in [3.63, 3.8) is 0 Å². The quantitative estimate of drug-likeness (QED) is 0.832. The van der Waals surface area contributed by atoms with Crippen molar-refractivity contribution < 1.29 is 13.6 Å². The fourth-order valence-corrected chi connectivity index (χ4v) is 2.72. The lowest BCUT2D eigenvalue weighted by atomic mass is 10.0. The van der Waals surface area contributed by atoms with Crippen LogP contribution in [-0.2, 0) is 11.2 Å². The van der Waals surface area contributed by atoms with Gasteiger partial charge in [0.1, 0.15) is 5.82 Å². The van der Waals surface area contributed by atoms with Crippen LogP contribution in [0.15, 0.2) is 12.4 Å². The Morgan fingerprint density at radius 3 is 2.67 bits per heavy atom. The molecule has 0 spiro atoms. The standard InChI is InChI=1S/C14H22F2N4O/c1-18(2)11-5-8-19(9-6-11)13(21)4-3-12-17-7-10-20(12)14(15)16/h7,10-11,14H,3-6,8-9H2,1-2H3. The second kappa shape index (κ2) is 6.98. The molecule has 2 heterocycles. The van der Waals surface area contributed by atoms with Crippen molar-refractivity contribution in [3.8, 4) is 0 Å². The number of aromatic nitrogens is 2. The second-order valence-corrected chi connectivity index (χ2v) is 5.60. The van der Waals surface area contributed by atoms with E-state index in [0.717, 1.165) is 30.5 Å². The predicted molar refractivity (Wildman–Crippen MR) is 75.1 cm³/mol. The molecule has 1 aliphatic rings. The molecule has 5 nitrogen and oxygen atoms in total. The van der Waals surface area contributed by atoms with Crippen LogP contribution < -0.4 is 0 Å². The lowest BCUT2D eigenvalue weighted by molar-refractivity contribution is -0.132. The summed E-state index contributed by atoms with van der Waals surface area (Å²) in [6.07, 6.45) is 5.00. The zero-order valence-corrected chi connectivity index (χ0v) is 12.5. The summed E-state index contributed by atoms with van der Waals surface area (Å²) in [5, 5.41) is 0. The number of imidazole rings is 1. The summed E-state index contributed by atoms with van der Waals surface area (Å²) in [7, 11) is 4.10. The van der Waals surface area contributed by atoms with E-state index in [0.29, 0.717) is 6.04 Å². The molecule has 1 aromatic heterocycles. The Kier molecular flexibility index (Phi) is 5.27. The first-order valence-electron chi connectivity index (χ1n) is 7.23. The van der Waals surface area contributed by atoms with E-state index in [4.69, 9.17) is 0 Å². The van der Waals surface area contributed by atoms with Crippen LogP contribution in [0.3, 0.4) is 0 Å². The van der Waals surface area contributed by atoms with E-state index < -0.39 is 6.55 Å². The van der Waals surface area contributed by atoms with Crippen LogP contribution in [0.5, 0.6) is 0 Å². The van der Waals surface area contributed by atoms with Crippen LogP contribution in [0.1, 0.15) is 31.6 Å². The Hall–Kier alpha value is -1.50. The number of alkyl halides is 2. The molecule has 0 bridgehead atoms. The summed E-state index contributed by atoms with van der Waals surface area (Å²) < 4.78 is 26.2. The van der Waals surface area contributed by atoms with Crippen molar-refractivity contribution >= 4 is 5.91 Å². The van der Waals surface area contributed by atoms with Gasteiger partial charge >= 0.3 is 6.55 Å². The van der Waals surface area contributed by atoms with E-state index >= 15 is 0 Å². The fourth-order valence-electron chi connectivity index (χ4n) is 2.72. The maximum absolute atomic E-state index is 12.7. The first-order valence-corrected chi connectivity index (χ1v) is 7.23. The molecular weight excluding hydrogens is 278 g/mol. The van der Waals surface area contributed by atoms with Crippen LogP contribution in [0, 0.1) is 0 Å². The van der Waals surface area contributed by atoms with E-state index in [9.17, 15) is 13.6 Å². The lowest BCUT2D eigenvalue weighted by Crippen LogP contribution is -2.44. The van der Waals surface area contributed by atoms with Gasteiger partial charge in [-0.3, -0.25) is 9.36 Å². The van der Waals surface area contributed by atoms with Gasteiger partial charge in [0.15, 0.2) is 0 Å². The zero-order chi connectivity index (χ0) is 15.4. The van der Waals surface area contributed by atoms with Gasteiger partial charge < -0.3 is 9.80 Å². The van der Waals surface area contributed by atoms with Crippen LogP contribution >= 0.6 is 0 Å². The number of piperidine rings is 1. The maximum atomic E-state index is 12.7. The number of amides is 1. The monoisotopic (exact) mass is 300 g/mol. The van der Waals surface area contributed by atoms with Crippen molar-refractivity contribution in [1.82, 2.24) is 19.4 Å². The third-order valence-corrected chi connectivity index (χ3v) is 4.07. The van der Waals surface area contributed by atoms with Gasteiger partial charge in [0.2, 0.25) is 5.91 Å². The summed E-state index contributed by atoms with van der Waals surface area (Å²) in [6.45, 7) is -1.12. The molecule has 1 saturated heterocycles. The molecule has 21 heavy (non-hydrogen) atoms. The average molecular weight is 300 g/mol. The largest absolute Gasteiger partial charge is 0.343 e. The summed E-state index contributed by atoms with van der Waals surface area (Å²) in [5.74, 6) is 0.289. The smallest absolute Gasteiger partial charge is 0.319 e. The highest BCUT2D eigenvalue weighted by molar-refractivity contribution is 5.76. The van der Waals surface area contributed by atoms with Gasteiger partial charge in [0.05, 0.1) is 0 Å². The van der Waals surface area contributed by atoms with Gasteiger partial charge in [0, 0.05) is 44.4 Å². The topological polar surface area (TPSA) is 41.4 Å². The van der Waals surface area contributed by atoms with Gasteiger partial charge in [-0.2, -0.15) is 8.78 Å². The molecule has 1 fully saturated rings. The Labute approximate surface area is 123 Å². The van der Waals surface area contributed by atoms with E-state index in [2.05, 4.69) is 9.88 Å². The average Bonchev–Trinajstić information content (AvgIpc) is 2.93. The Balaban J connectivity index is 1.81. The minimum atomic E-state index is -2.60. The van der Waals surface area contributed by atoms with E-state index in [-0.39, 0.29) is 24.6 Å². The van der Waals surface area contributed by atoms with Gasteiger partial charge in [-0.1, -0.05) is 0 Å². The van der Waals surface area contributed by atoms with Crippen LogP contribution in [0.2, 0.25) is 0 Å². The summed E-state index contributed by atoms with van der Waals surface area (Å²) in [6, 6.07) is 0.520. The van der Waals surface area contributed by atoms with Crippen molar-refractivity contribution in [2.75, 3.05) is 27.2 Å². The Morgan fingerprint density at radius 2 is 2.10 bits per heavy atom. The lowest BCUT2D eigenvalue weighted by Gasteiger charge is -2.35. The number of aryl methyl sites for hydroxylation is 1. The van der Waals surface area contributed by atoms with Crippen molar-refractivity contribution in [1.29, 1.82) is 0 Å². The second-order valence-electron chi connectivity index (χ2n) is 5.60. The van der Waals surface area contributed by atoms with Crippen LogP contribution in [0.25, 0.3) is 0 Å². The third-order valence-electron chi connectivity index (χ3n) is 4.07. The highest BCUT2D eigenvalue weighted by Crippen LogP contribution is 2.17. The fraction of sp³-hybridized carbons (Fsp3) is 0.714. The van der Waals surface area contributed by atoms with Crippen molar-refractivity contribution in [2.24, 2.45) is 0 Å². The molecular formula is C14H22F2N4O. The molecule has 0 aliphatic carbocycles. The van der Waals surface area contributed by atoms with Crippen molar-refractivity contribution in [2.45, 2.75) is 38.3 Å². The van der Waals surface area contributed by atoms with Gasteiger partial charge in [-0.05, 0) is 26.9 Å². The van der Waals surface area contributed by atoms with Crippen molar-refractivity contribution in [3.05, 3.63) is 18.2 Å². The number of carbonyl (C=O) groups excluding carboxylic acids is 1. The summed E-state index contributed by atoms with van der Waals surface area (Å²) in [4.78, 5) is 20.0. The van der Waals surface area contributed by atoms with Gasteiger partial charge in [-0.15, -0.1) is 0 Å². The van der Waals surface area contributed by atoms with Gasteiger partial charge in [0.25, 0.3) is 0 Å². The number of carbonyl (C=O) groups is 1. The number of rotatable bonds is 5. The molecule has 0 N–H and O–H groups in total. The molecule has 1 aliphatic heterocycles. The molecule has 0 radical (unpaired) electrons. The van der Waals surface area contributed by atoms with Crippen LogP contribution in [-0.4, -0.2) is 58.5 Å². The molecule has 7 heteroatoms. The molecule has 118 valence electrons. The molecule has 1 amide bonds. The number of halogens is 2. The Morgan fingerprint density at radius 1 is 1.43 bits per heavy atom. The molecule has 0 atom stereocenters. The first kappa shape index (κ1) is 15.9. The number of nitrogens with zero attached hydrogens (tertiary/aromatic N) is 4. The minimum Gasteiger partial charge on any atom is -0.343 e. The summed E-state index contributed by atoms with van der Waals surface area (Å²) >= 11 is 0. The SMILES string of the molecule is CN(C)C1CCN(C(=O)CCc2nccn2C(F)F)CC1. The number of hydrogen-bond acceptors (Lipinski definition) is 3. The number of likely N-dealkylation sites (tertiary alicyclic amines) is 1. The zero-order valence-electron chi connectivity index (χ0n) is 12.5. The van der Waals surface area contributed by atoms with E-state index in [1.807, 2.05) is 19.0 Å². The maximum Gasteiger partial charge on any atom is 0.319 e. The van der Waals surface area contributed by atoms with Crippen LogP contribution in [0.4, 0.5) is 8.78 Å². The minimum absolute atomic E-state index is 0.0241. The Bertz CT molecular complexity index is 467. The van der Waals surface area contributed by atoms with E-state index in [1.165, 1.54) is 12.4 Å². The van der Waals surface area contributed by atoms with E-state index in [1.54, 1.807) is 0 Å². The normalized spacial score (nSPS) is 17.0. The highest BCUT2D eigenvalue weighted by atomic mass is 19.3. The molecule has 0 unspecified atom stereocenters. The molecule has 1 aromatic rings. The molecule has 0 saturated carbocycles. The predicted octanol–water partition coefficient (Wildman–Crippen LogP) is 1.76. The first-order chi connectivity index (χ1) is 9.99. The summed E-state index contributed by atoms with van der Waals surface area (Å²) in [5.41, 5.74) is 0. The highest BCUT2D eigenvalue weighted by Gasteiger charge is 2.24. The third kappa shape index (κ3) is 4.00. The molecule has 0 aromatic carbocycles. The number of hydrogen-bond donors (Lipinski definition) is 0.